The van der Waals surface area contributed by atoms with Crippen molar-refractivity contribution in [2.75, 3.05) is 18.8 Å². The predicted molar refractivity (Wildman–Crippen MR) is 60.2 cm³/mol. The van der Waals surface area contributed by atoms with Crippen LogP contribution in [-0.4, -0.2) is 48.4 Å². The van der Waals surface area contributed by atoms with Gasteiger partial charge in [0, 0.05) is 6.54 Å². The number of rotatable bonds is 4. The number of sulfonamides is 1. The summed E-state index contributed by atoms with van der Waals surface area (Å²) < 4.78 is 24.6. The lowest BCUT2D eigenvalue weighted by Crippen LogP contribution is -2.56. The molecule has 92 valence electrons. The molecule has 1 aliphatic heterocycles. The molecule has 0 atom stereocenters. The van der Waals surface area contributed by atoms with Crippen LogP contribution in [0, 0.1) is 0 Å². The van der Waals surface area contributed by atoms with E-state index in [2.05, 4.69) is 10.5 Å². The Morgan fingerprint density at radius 3 is 2.62 bits per heavy atom. The molecule has 0 aromatic rings. The standard InChI is InChI=1S/C8H16N4O3S/c1-4-12(16(14,15)5-2)11-6-7(3)9-10-8(11)13/h4-6H2,1-3H3,(H,10,13). The Morgan fingerprint density at radius 2 is 2.12 bits per heavy atom. The molecule has 0 aromatic heterocycles. The molecule has 0 aromatic carbocycles. The summed E-state index contributed by atoms with van der Waals surface area (Å²) in [6.07, 6.45) is 0. The van der Waals surface area contributed by atoms with Gasteiger partial charge in [-0.3, -0.25) is 0 Å². The molecule has 1 heterocycles. The number of carbonyl (C=O) groups excluding carboxylic acids is 1. The third kappa shape index (κ3) is 2.50. The van der Waals surface area contributed by atoms with E-state index in [1.807, 2.05) is 0 Å². The maximum Gasteiger partial charge on any atom is 0.353 e. The average molecular weight is 248 g/mol. The summed E-state index contributed by atoms with van der Waals surface area (Å²) in [5, 5.41) is 4.89. The largest absolute Gasteiger partial charge is 0.353 e. The molecule has 0 saturated carbocycles. The fourth-order valence-electron chi connectivity index (χ4n) is 1.37. The number of amides is 2. The summed E-state index contributed by atoms with van der Waals surface area (Å²) in [6.45, 7) is 5.36. The lowest BCUT2D eigenvalue weighted by Gasteiger charge is -2.34. The predicted octanol–water partition coefficient (Wildman–Crippen LogP) is -0.0259. The minimum atomic E-state index is -3.42. The Labute approximate surface area is 95.1 Å². The molecule has 0 spiro atoms. The first-order chi connectivity index (χ1) is 7.42. The highest BCUT2D eigenvalue weighted by atomic mass is 32.2. The molecular weight excluding hydrogens is 232 g/mol. The summed E-state index contributed by atoms with van der Waals surface area (Å²) >= 11 is 0. The summed E-state index contributed by atoms with van der Waals surface area (Å²) in [5.74, 6) is -0.0409. The zero-order valence-electron chi connectivity index (χ0n) is 9.60. The molecule has 7 nitrogen and oxygen atoms in total. The van der Waals surface area contributed by atoms with E-state index in [0.717, 1.165) is 9.42 Å². The van der Waals surface area contributed by atoms with Crippen molar-refractivity contribution in [3.05, 3.63) is 0 Å². The molecule has 0 fully saturated rings. The first-order valence-electron chi connectivity index (χ1n) is 5.03. The van der Waals surface area contributed by atoms with Gasteiger partial charge in [0.1, 0.15) is 0 Å². The number of nitrogens with one attached hydrogen (secondary N) is 1. The number of carbonyl (C=O) groups is 1. The molecule has 8 heteroatoms. The number of hydrogen-bond donors (Lipinski definition) is 1. The Hall–Kier alpha value is -1.15. The van der Waals surface area contributed by atoms with Gasteiger partial charge in [-0.05, 0) is 20.8 Å². The van der Waals surface area contributed by atoms with Crippen LogP contribution in [0.15, 0.2) is 5.10 Å². The second-order valence-electron chi connectivity index (χ2n) is 3.36. The fourth-order valence-corrected chi connectivity index (χ4v) is 2.50. The van der Waals surface area contributed by atoms with Gasteiger partial charge in [-0.2, -0.15) is 5.10 Å². The van der Waals surface area contributed by atoms with E-state index >= 15 is 0 Å². The Bertz CT molecular complexity index is 404. The minimum absolute atomic E-state index is 0.0409. The topological polar surface area (TPSA) is 82.1 Å². The molecule has 1 rings (SSSR count). The van der Waals surface area contributed by atoms with Gasteiger partial charge in [0.05, 0.1) is 18.0 Å². The number of hydrogen-bond acceptors (Lipinski definition) is 4. The summed E-state index contributed by atoms with van der Waals surface area (Å²) in [4.78, 5) is 11.5. The van der Waals surface area contributed by atoms with Crippen molar-refractivity contribution in [3.63, 3.8) is 0 Å². The van der Waals surface area contributed by atoms with E-state index in [1.54, 1.807) is 20.8 Å². The maximum atomic E-state index is 11.7. The van der Waals surface area contributed by atoms with E-state index in [1.165, 1.54) is 0 Å². The monoisotopic (exact) mass is 248 g/mol. The van der Waals surface area contributed by atoms with Crippen LogP contribution in [-0.2, 0) is 10.0 Å². The van der Waals surface area contributed by atoms with Crippen molar-refractivity contribution in [1.82, 2.24) is 14.8 Å². The number of hydrazone groups is 1. The highest BCUT2D eigenvalue weighted by molar-refractivity contribution is 7.89. The SMILES string of the molecule is CCN(N1CC(C)=NNC1=O)S(=O)(=O)CC. The van der Waals surface area contributed by atoms with Crippen molar-refractivity contribution in [2.24, 2.45) is 5.10 Å². The maximum absolute atomic E-state index is 11.7. The Kier molecular flexibility index (Phi) is 3.87. The van der Waals surface area contributed by atoms with E-state index in [4.69, 9.17) is 0 Å². The fraction of sp³-hybridized carbons (Fsp3) is 0.750. The molecule has 1 aliphatic rings. The second-order valence-corrected chi connectivity index (χ2v) is 5.52. The van der Waals surface area contributed by atoms with Gasteiger partial charge in [0.15, 0.2) is 0 Å². The van der Waals surface area contributed by atoms with Crippen LogP contribution in [0.1, 0.15) is 20.8 Å². The zero-order chi connectivity index (χ0) is 12.3. The van der Waals surface area contributed by atoms with Crippen molar-refractivity contribution >= 4 is 21.8 Å². The molecule has 0 radical (unpaired) electrons. The van der Waals surface area contributed by atoms with Crippen LogP contribution >= 0.6 is 0 Å². The minimum Gasteiger partial charge on any atom is -0.245 e. The van der Waals surface area contributed by atoms with Crippen LogP contribution in [0.25, 0.3) is 0 Å². The van der Waals surface area contributed by atoms with Gasteiger partial charge in [-0.25, -0.2) is 23.6 Å². The highest BCUT2D eigenvalue weighted by Crippen LogP contribution is 2.09. The van der Waals surface area contributed by atoms with Crippen LogP contribution in [0.4, 0.5) is 4.79 Å². The Morgan fingerprint density at radius 1 is 1.50 bits per heavy atom. The smallest absolute Gasteiger partial charge is 0.245 e. The number of nitrogens with zero attached hydrogens (tertiary/aromatic N) is 3. The third-order valence-corrected chi connectivity index (χ3v) is 4.01. The second kappa shape index (κ2) is 4.79. The first kappa shape index (κ1) is 12.9. The molecule has 0 unspecified atom stereocenters. The van der Waals surface area contributed by atoms with Gasteiger partial charge in [0.2, 0.25) is 10.0 Å². The molecule has 0 saturated heterocycles. The summed E-state index contributed by atoms with van der Waals surface area (Å²) in [7, 11) is -3.42. The van der Waals surface area contributed by atoms with Gasteiger partial charge >= 0.3 is 6.03 Å². The number of hydrazine groups is 1. The van der Waals surface area contributed by atoms with Gasteiger partial charge in [-0.1, -0.05) is 0 Å². The molecule has 0 aliphatic carbocycles. The Balaban J connectivity index is 2.98. The molecule has 0 bridgehead atoms. The highest BCUT2D eigenvalue weighted by Gasteiger charge is 2.31. The van der Waals surface area contributed by atoms with Crippen molar-refractivity contribution < 1.29 is 13.2 Å². The van der Waals surface area contributed by atoms with Gasteiger partial charge < -0.3 is 0 Å². The summed E-state index contributed by atoms with van der Waals surface area (Å²) in [6, 6.07) is -0.524. The lowest BCUT2D eigenvalue weighted by molar-refractivity contribution is 0.105. The molecular formula is C8H16N4O3S. The van der Waals surface area contributed by atoms with E-state index in [0.29, 0.717) is 5.71 Å². The first-order valence-corrected chi connectivity index (χ1v) is 6.64. The van der Waals surface area contributed by atoms with Crippen LogP contribution < -0.4 is 5.43 Å². The quantitative estimate of drug-likeness (QED) is 0.758. The van der Waals surface area contributed by atoms with Crippen molar-refractivity contribution in [1.29, 1.82) is 0 Å². The molecule has 1 N–H and O–H groups in total. The molecule has 2 amide bonds. The lowest BCUT2D eigenvalue weighted by atomic mass is 10.4. The average Bonchev–Trinajstić information content (AvgIpc) is 2.24. The van der Waals surface area contributed by atoms with Crippen LogP contribution in [0.3, 0.4) is 0 Å². The number of urea groups is 1. The van der Waals surface area contributed by atoms with Gasteiger partial charge in [0.25, 0.3) is 0 Å². The van der Waals surface area contributed by atoms with Crippen LogP contribution in [0.2, 0.25) is 0 Å². The third-order valence-electron chi connectivity index (χ3n) is 2.18. The van der Waals surface area contributed by atoms with Crippen molar-refractivity contribution in [3.8, 4) is 0 Å². The van der Waals surface area contributed by atoms with Gasteiger partial charge in [-0.15, -0.1) is 4.41 Å². The molecule has 16 heavy (non-hydrogen) atoms. The van der Waals surface area contributed by atoms with Crippen LogP contribution in [0.5, 0.6) is 0 Å². The van der Waals surface area contributed by atoms with Crippen molar-refractivity contribution in [2.45, 2.75) is 20.8 Å². The van der Waals surface area contributed by atoms with E-state index < -0.39 is 16.1 Å². The van der Waals surface area contributed by atoms with E-state index in [9.17, 15) is 13.2 Å². The zero-order valence-corrected chi connectivity index (χ0v) is 10.4. The summed E-state index contributed by atoms with van der Waals surface area (Å²) in [5.41, 5.74) is 2.92. The van der Waals surface area contributed by atoms with E-state index in [-0.39, 0.29) is 18.8 Å². The normalized spacial score (nSPS) is 17.4.